The molecular formula is C21H22FN3O2S. The van der Waals surface area contributed by atoms with Gasteiger partial charge in [0, 0.05) is 35.9 Å². The minimum absolute atomic E-state index is 0.118. The van der Waals surface area contributed by atoms with Crippen LogP contribution in [0.15, 0.2) is 59.5 Å². The second-order valence-electron chi connectivity index (χ2n) is 7.11. The van der Waals surface area contributed by atoms with E-state index in [-0.39, 0.29) is 16.8 Å². The minimum Gasteiger partial charge on any atom is -0.371 e. The van der Waals surface area contributed by atoms with Crippen molar-refractivity contribution in [1.29, 1.82) is 0 Å². The van der Waals surface area contributed by atoms with E-state index in [2.05, 4.69) is 14.6 Å². The van der Waals surface area contributed by atoms with E-state index in [0.717, 1.165) is 16.8 Å². The summed E-state index contributed by atoms with van der Waals surface area (Å²) in [4.78, 5) is 6.80. The number of rotatable bonds is 4. The molecule has 4 rings (SSSR count). The van der Waals surface area contributed by atoms with Gasteiger partial charge in [-0.3, -0.25) is 0 Å². The molecular weight excluding hydrogens is 377 g/mol. The van der Waals surface area contributed by atoms with Gasteiger partial charge in [0.1, 0.15) is 11.3 Å². The van der Waals surface area contributed by atoms with E-state index < -0.39 is 10.0 Å². The van der Waals surface area contributed by atoms with E-state index in [9.17, 15) is 12.8 Å². The molecule has 0 atom stereocenters. The number of benzene rings is 2. The highest BCUT2D eigenvalue weighted by molar-refractivity contribution is 7.89. The van der Waals surface area contributed by atoms with E-state index in [1.54, 1.807) is 36.4 Å². The van der Waals surface area contributed by atoms with Gasteiger partial charge in [-0.05, 0) is 44.0 Å². The van der Waals surface area contributed by atoms with Crippen molar-refractivity contribution in [3.8, 4) is 0 Å². The molecule has 0 radical (unpaired) electrons. The molecule has 1 aliphatic heterocycles. The molecule has 1 aromatic heterocycles. The van der Waals surface area contributed by atoms with Gasteiger partial charge in [0.25, 0.3) is 0 Å². The summed E-state index contributed by atoms with van der Waals surface area (Å²) in [5.74, 6) is -0.326. The third-order valence-electron chi connectivity index (χ3n) is 5.11. The maximum Gasteiger partial charge on any atom is 0.240 e. The number of aromatic nitrogens is 1. The van der Waals surface area contributed by atoms with Crippen molar-refractivity contribution >= 4 is 26.6 Å². The molecule has 1 N–H and O–H groups in total. The zero-order valence-electron chi connectivity index (χ0n) is 15.6. The van der Waals surface area contributed by atoms with Crippen molar-refractivity contribution in [2.45, 2.75) is 30.7 Å². The van der Waals surface area contributed by atoms with E-state index in [1.165, 1.54) is 6.07 Å². The lowest BCUT2D eigenvalue weighted by atomic mass is 10.0. The predicted molar refractivity (Wildman–Crippen MR) is 108 cm³/mol. The van der Waals surface area contributed by atoms with Crippen LogP contribution in [-0.2, 0) is 10.0 Å². The number of nitrogens with zero attached hydrogens (tertiary/aromatic N) is 2. The number of para-hydroxylation sites is 1. The van der Waals surface area contributed by atoms with Crippen LogP contribution in [0.2, 0.25) is 0 Å². The summed E-state index contributed by atoms with van der Waals surface area (Å²) in [5.41, 5.74) is 2.09. The summed E-state index contributed by atoms with van der Waals surface area (Å²) in [7, 11) is -3.52. The number of aryl methyl sites for hydroxylation is 1. The van der Waals surface area contributed by atoms with E-state index in [4.69, 9.17) is 0 Å². The fourth-order valence-corrected chi connectivity index (χ4v) is 5.03. The number of fused-ring (bicyclic) bond motifs is 1. The number of pyridine rings is 1. The van der Waals surface area contributed by atoms with Crippen LogP contribution in [0.1, 0.15) is 18.5 Å². The Hall–Kier alpha value is -2.51. The van der Waals surface area contributed by atoms with Crippen molar-refractivity contribution in [2.24, 2.45) is 0 Å². The van der Waals surface area contributed by atoms with Gasteiger partial charge in [-0.15, -0.1) is 0 Å². The summed E-state index contributed by atoms with van der Waals surface area (Å²) >= 11 is 0. The van der Waals surface area contributed by atoms with Gasteiger partial charge in [0.2, 0.25) is 10.0 Å². The summed E-state index contributed by atoms with van der Waals surface area (Å²) in [5, 5.41) is 0.786. The molecule has 0 aliphatic carbocycles. The minimum atomic E-state index is -3.52. The van der Waals surface area contributed by atoms with E-state index in [0.29, 0.717) is 31.4 Å². The molecule has 0 saturated carbocycles. The molecule has 3 aromatic rings. The van der Waals surface area contributed by atoms with Gasteiger partial charge >= 0.3 is 0 Å². The number of halogens is 1. The Morgan fingerprint density at radius 1 is 1.07 bits per heavy atom. The van der Waals surface area contributed by atoms with Crippen molar-refractivity contribution < 1.29 is 12.8 Å². The quantitative estimate of drug-likeness (QED) is 0.728. The van der Waals surface area contributed by atoms with E-state index >= 15 is 0 Å². The molecule has 1 aliphatic rings. The van der Waals surface area contributed by atoms with Crippen LogP contribution in [0.25, 0.3) is 10.9 Å². The Morgan fingerprint density at radius 3 is 2.50 bits per heavy atom. The van der Waals surface area contributed by atoms with Crippen LogP contribution in [0, 0.1) is 12.7 Å². The highest BCUT2D eigenvalue weighted by Gasteiger charge is 2.25. The van der Waals surface area contributed by atoms with Gasteiger partial charge in [-0.25, -0.2) is 22.5 Å². The standard InChI is InChI=1S/C21H22FN3O2S/c1-15-14-20(18-8-5-9-19(22)21(18)23-15)25-12-10-16(11-13-25)24-28(26,27)17-6-3-2-4-7-17/h2-9,14,16,24H,10-13H2,1H3. The molecule has 7 heteroatoms. The third-order valence-corrected chi connectivity index (χ3v) is 6.64. The number of nitrogens with one attached hydrogen (secondary N) is 1. The number of hydrogen-bond acceptors (Lipinski definition) is 4. The molecule has 28 heavy (non-hydrogen) atoms. The van der Waals surface area contributed by atoms with E-state index in [1.807, 2.05) is 19.1 Å². The lowest BCUT2D eigenvalue weighted by molar-refractivity contribution is 0.460. The number of sulfonamides is 1. The number of anilines is 1. The van der Waals surface area contributed by atoms with Gasteiger partial charge in [-0.2, -0.15) is 0 Å². The average Bonchev–Trinajstić information content (AvgIpc) is 2.69. The van der Waals surface area contributed by atoms with Gasteiger partial charge < -0.3 is 4.90 Å². The lowest BCUT2D eigenvalue weighted by Gasteiger charge is -2.34. The Bertz CT molecular complexity index is 1100. The highest BCUT2D eigenvalue weighted by atomic mass is 32.2. The number of piperidine rings is 1. The molecule has 0 amide bonds. The average molecular weight is 399 g/mol. The monoisotopic (exact) mass is 399 g/mol. The topological polar surface area (TPSA) is 62.3 Å². The molecule has 0 bridgehead atoms. The Balaban J connectivity index is 1.51. The SMILES string of the molecule is Cc1cc(N2CCC(NS(=O)(=O)c3ccccc3)CC2)c2cccc(F)c2n1. The van der Waals surface area contributed by atoms with Crippen LogP contribution >= 0.6 is 0 Å². The Labute approximate surface area is 164 Å². The summed E-state index contributed by atoms with van der Waals surface area (Å²) < 4.78 is 42.0. The van der Waals surface area contributed by atoms with Crippen molar-refractivity contribution in [1.82, 2.24) is 9.71 Å². The molecule has 1 saturated heterocycles. The molecule has 2 aromatic carbocycles. The molecule has 2 heterocycles. The number of hydrogen-bond donors (Lipinski definition) is 1. The first-order valence-corrected chi connectivity index (χ1v) is 10.8. The second-order valence-corrected chi connectivity index (χ2v) is 8.83. The normalized spacial score (nSPS) is 15.9. The van der Waals surface area contributed by atoms with Crippen LogP contribution in [0.5, 0.6) is 0 Å². The third kappa shape index (κ3) is 3.72. The zero-order valence-corrected chi connectivity index (χ0v) is 16.4. The zero-order chi connectivity index (χ0) is 19.7. The second kappa shape index (κ2) is 7.48. The molecule has 1 fully saturated rings. The first kappa shape index (κ1) is 18.8. The largest absolute Gasteiger partial charge is 0.371 e. The molecule has 0 spiro atoms. The molecule has 146 valence electrons. The maximum absolute atomic E-state index is 14.2. The predicted octanol–water partition coefficient (Wildman–Crippen LogP) is 3.63. The van der Waals surface area contributed by atoms with Crippen molar-refractivity contribution in [2.75, 3.05) is 18.0 Å². The van der Waals surface area contributed by atoms with Gasteiger partial charge in [-0.1, -0.05) is 30.3 Å². The highest BCUT2D eigenvalue weighted by Crippen LogP contribution is 2.30. The summed E-state index contributed by atoms with van der Waals surface area (Å²) in [6.45, 7) is 3.24. The Morgan fingerprint density at radius 2 is 1.79 bits per heavy atom. The molecule has 5 nitrogen and oxygen atoms in total. The summed E-state index contributed by atoms with van der Waals surface area (Å²) in [6.07, 6.45) is 1.37. The Kier molecular flexibility index (Phi) is 5.03. The lowest BCUT2D eigenvalue weighted by Crippen LogP contribution is -2.44. The van der Waals surface area contributed by atoms with Crippen molar-refractivity contribution in [3.63, 3.8) is 0 Å². The van der Waals surface area contributed by atoms with Crippen LogP contribution in [-0.4, -0.2) is 32.5 Å². The maximum atomic E-state index is 14.2. The van der Waals surface area contributed by atoms with Gasteiger partial charge in [0.15, 0.2) is 0 Å². The fraction of sp³-hybridized carbons (Fsp3) is 0.286. The van der Waals surface area contributed by atoms with Crippen molar-refractivity contribution in [3.05, 3.63) is 66.1 Å². The van der Waals surface area contributed by atoms with Crippen LogP contribution < -0.4 is 9.62 Å². The summed E-state index contributed by atoms with van der Waals surface area (Å²) in [6, 6.07) is 15.3. The van der Waals surface area contributed by atoms with Crippen LogP contribution in [0.4, 0.5) is 10.1 Å². The van der Waals surface area contributed by atoms with Gasteiger partial charge in [0.05, 0.1) is 4.90 Å². The first-order valence-electron chi connectivity index (χ1n) is 9.32. The fourth-order valence-electron chi connectivity index (χ4n) is 3.71. The van der Waals surface area contributed by atoms with Crippen LogP contribution in [0.3, 0.4) is 0 Å². The smallest absolute Gasteiger partial charge is 0.240 e. The molecule has 0 unspecified atom stereocenters. The first-order chi connectivity index (χ1) is 13.4.